The topological polar surface area (TPSA) is 81.4 Å². The van der Waals surface area contributed by atoms with Gasteiger partial charge >= 0.3 is 0 Å². The number of benzene rings is 1. The van der Waals surface area contributed by atoms with Crippen LogP contribution in [0.2, 0.25) is 0 Å². The molecule has 0 aromatic heterocycles. The van der Waals surface area contributed by atoms with Gasteiger partial charge in [0, 0.05) is 20.3 Å². The van der Waals surface area contributed by atoms with E-state index in [-0.39, 0.29) is 22.5 Å². The van der Waals surface area contributed by atoms with Crippen LogP contribution in [0.3, 0.4) is 0 Å². The normalized spacial score (nSPS) is 12.6. The Morgan fingerprint density at radius 1 is 1.38 bits per heavy atom. The maximum atomic E-state index is 13.3. The second kappa shape index (κ2) is 6.72. The van der Waals surface area contributed by atoms with Crippen LogP contribution >= 0.6 is 0 Å². The first-order valence-corrected chi connectivity index (χ1v) is 8.11. The zero-order valence-corrected chi connectivity index (χ0v) is 13.7. The minimum atomic E-state index is -3.73. The fraction of sp³-hybridized carbons (Fsp3) is 0.571. The van der Waals surface area contributed by atoms with Crippen molar-refractivity contribution in [2.75, 3.05) is 26.0 Å². The Bertz CT molecular complexity index is 600. The van der Waals surface area contributed by atoms with Gasteiger partial charge < -0.3 is 10.5 Å². The number of hydrogen-bond donors (Lipinski definition) is 2. The summed E-state index contributed by atoms with van der Waals surface area (Å²) in [5.41, 5.74) is 5.34. The van der Waals surface area contributed by atoms with E-state index in [0.29, 0.717) is 12.2 Å². The van der Waals surface area contributed by atoms with Gasteiger partial charge in [-0.1, -0.05) is 13.8 Å². The zero-order chi connectivity index (χ0) is 16.3. The molecule has 3 N–H and O–H groups in total. The third-order valence-electron chi connectivity index (χ3n) is 3.31. The van der Waals surface area contributed by atoms with Crippen molar-refractivity contribution in [1.29, 1.82) is 0 Å². The van der Waals surface area contributed by atoms with E-state index < -0.39 is 15.8 Å². The summed E-state index contributed by atoms with van der Waals surface area (Å²) in [6.45, 7) is 6.24. The molecule has 0 saturated carbocycles. The molecule has 0 saturated heterocycles. The second-order valence-corrected chi connectivity index (χ2v) is 7.61. The first kappa shape index (κ1) is 17.9. The number of nitrogens with two attached hydrogens (primary N) is 1. The SMILES string of the molecule is COCCC(C)(C)CNS(=O)(=O)c1cc(N)c(F)cc1C. The number of halogens is 1. The van der Waals surface area contributed by atoms with Gasteiger partial charge in [-0.05, 0) is 36.5 Å². The predicted molar refractivity (Wildman–Crippen MR) is 81.0 cm³/mol. The minimum Gasteiger partial charge on any atom is -0.396 e. The molecule has 0 radical (unpaired) electrons. The number of aryl methyl sites for hydroxylation is 1. The Morgan fingerprint density at radius 3 is 2.57 bits per heavy atom. The molecule has 0 fully saturated rings. The van der Waals surface area contributed by atoms with E-state index in [9.17, 15) is 12.8 Å². The highest BCUT2D eigenvalue weighted by Gasteiger charge is 2.24. The molecule has 1 aromatic rings. The van der Waals surface area contributed by atoms with Gasteiger partial charge in [0.25, 0.3) is 0 Å². The average molecular weight is 318 g/mol. The zero-order valence-electron chi connectivity index (χ0n) is 12.9. The summed E-state index contributed by atoms with van der Waals surface area (Å²) in [4.78, 5) is 0.00365. The van der Waals surface area contributed by atoms with Gasteiger partial charge in [0.05, 0.1) is 10.6 Å². The molecule has 21 heavy (non-hydrogen) atoms. The lowest BCUT2D eigenvalue weighted by atomic mass is 9.90. The van der Waals surface area contributed by atoms with Crippen molar-refractivity contribution in [2.24, 2.45) is 5.41 Å². The maximum Gasteiger partial charge on any atom is 0.240 e. The third kappa shape index (κ3) is 4.94. The smallest absolute Gasteiger partial charge is 0.240 e. The van der Waals surface area contributed by atoms with Crippen LogP contribution in [-0.4, -0.2) is 28.7 Å². The average Bonchev–Trinajstić information content (AvgIpc) is 2.38. The van der Waals surface area contributed by atoms with Crippen molar-refractivity contribution in [1.82, 2.24) is 4.72 Å². The van der Waals surface area contributed by atoms with Crippen LogP contribution in [0.5, 0.6) is 0 Å². The van der Waals surface area contributed by atoms with Crippen LogP contribution in [0.1, 0.15) is 25.8 Å². The Morgan fingerprint density at radius 2 is 2.00 bits per heavy atom. The van der Waals surface area contributed by atoms with E-state index in [4.69, 9.17) is 10.5 Å². The lowest BCUT2D eigenvalue weighted by Gasteiger charge is -2.24. The molecule has 5 nitrogen and oxygen atoms in total. The maximum absolute atomic E-state index is 13.3. The lowest BCUT2D eigenvalue weighted by Crippen LogP contribution is -2.35. The minimum absolute atomic E-state index is 0.00365. The van der Waals surface area contributed by atoms with E-state index >= 15 is 0 Å². The first-order valence-electron chi connectivity index (χ1n) is 6.63. The standard InChI is InChI=1S/C14H23FN2O3S/c1-10-7-11(15)12(16)8-13(10)21(18,19)17-9-14(2,3)5-6-20-4/h7-8,17H,5-6,9,16H2,1-4H3. The van der Waals surface area contributed by atoms with Crippen molar-refractivity contribution in [3.8, 4) is 0 Å². The van der Waals surface area contributed by atoms with E-state index in [1.165, 1.54) is 6.92 Å². The number of hydrogen-bond acceptors (Lipinski definition) is 4. The summed E-state index contributed by atoms with van der Waals surface area (Å²) in [7, 11) is -2.12. The van der Waals surface area contributed by atoms with Crippen molar-refractivity contribution < 1.29 is 17.5 Å². The van der Waals surface area contributed by atoms with Gasteiger partial charge in [-0.25, -0.2) is 17.5 Å². The highest BCUT2D eigenvalue weighted by atomic mass is 32.2. The van der Waals surface area contributed by atoms with E-state index in [1.807, 2.05) is 13.8 Å². The monoisotopic (exact) mass is 318 g/mol. The van der Waals surface area contributed by atoms with Gasteiger partial charge in [-0.3, -0.25) is 0 Å². The van der Waals surface area contributed by atoms with Crippen LogP contribution in [0.4, 0.5) is 10.1 Å². The fourth-order valence-corrected chi connectivity index (χ4v) is 3.29. The molecule has 0 spiro atoms. The van der Waals surface area contributed by atoms with Crippen LogP contribution in [0.15, 0.2) is 17.0 Å². The molecule has 0 aliphatic rings. The number of rotatable bonds is 7. The van der Waals surface area contributed by atoms with E-state index in [1.54, 1.807) is 7.11 Å². The molecule has 120 valence electrons. The summed E-state index contributed by atoms with van der Waals surface area (Å²) in [5, 5.41) is 0. The van der Waals surface area contributed by atoms with Crippen LogP contribution in [-0.2, 0) is 14.8 Å². The molecular weight excluding hydrogens is 295 g/mol. The van der Waals surface area contributed by atoms with Crippen molar-refractivity contribution in [2.45, 2.75) is 32.1 Å². The first-order chi connectivity index (χ1) is 9.59. The third-order valence-corrected chi connectivity index (χ3v) is 4.85. The molecule has 0 aliphatic carbocycles. The van der Waals surface area contributed by atoms with Crippen molar-refractivity contribution in [3.05, 3.63) is 23.5 Å². The number of sulfonamides is 1. The number of ether oxygens (including phenoxy) is 1. The molecule has 0 atom stereocenters. The van der Waals surface area contributed by atoms with Gasteiger partial charge in [-0.2, -0.15) is 0 Å². The molecule has 0 bridgehead atoms. The molecule has 0 unspecified atom stereocenters. The number of anilines is 1. The Balaban J connectivity index is 2.90. The number of nitrogens with one attached hydrogen (secondary N) is 1. The van der Waals surface area contributed by atoms with Gasteiger partial charge in [0.2, 0.25) is 10.0 Å². The largest absolute Gasteiger partial charge is 0.396 e. The number of nitrogen functional groups attached to an aromatic ring is 1. The Kier molecular flexibility index (Phi) is 5.72. The molecule has 7 heteroatoms. The summed E-state index contributed by atoms with van der Waals surface area (Å²) in [6.07, 6.45) is 0.719. The predicted octanol–water partition coefficient (Wildman–Crippen LogP) is 2.06. The summed E-state index contributed by atoms with van der Waals surface area (Å²) < 4.78 is 45.5. The Hall–Kier alpha value is -1.18. The van der Waals surface area contributed by atoms with E-state index in [0.717, 1.165) is 18.6 Å². The molecule has 1 rings (SSSR count). The highest BCUT2D eigenvalue weighted by Crippen LogP contribution is 2.23. The quantitative estimate of drug-likeness (QED) is 0.754. The van der Waals surface area contributed by atoms with Crippen LogP contribution in [0, 0.1) is 18.2 Å². The summed E-state index contributed by atoms with van der Waals surface area (Å²) in [6, 6.07) is 2.27. The lowest BCUT2D eigenvalue weighted by molar-refractivity contribution is 0.153. The second-order valence-electron chi connectivity index (χ2n) is 5.87. The molecular formula is C14H23FN2O3S. The summed E-state index contributed by atoms with van der Waals surface area (Å²) >= 11 is 0. The summed E-state index contributed by atoms with van der Waals surface area (Å²) in [5.74, 6) is -0.619. The Labute approximate surface area is 125 Å². The van der Waals surface area contributed by atoms with Crippen LogP contribution in [0.25, 0.3) is 0 Å². The van der Waals surface area contributed by atoms with Gasteiger partial charge in [0.15, 0.2) is 0 Å². The van der Waals surface area contributed by atoms with Crippen LogP contribution < -0.4 is 10.5 Å². The van der Waals surface area contributed by atoms with Gasteiger partial charge in [0.1, 0.15) is 5.82 Å². The molecule has 0 heterocycles. The molecule has 0 aliphatic heterocycles. The molecule has 0 amide bonds. The van der Waals surface area contributed by atoms with Crippen molar-refractivity contribution >= 4 is 15.7 Å². The number of methoxy groups -OCH3 is 1. The van der Waals surface area contributed by atoms with E-state index in [2.05, 4.69) is 4.72 Å². The van der Waals surface area contributed by atoms with Crippen molar-refractivity contribution in [3.63, 3.8) is 0 Å². The fourth-order valence-electron chi connectivity index (χ4n) is 1.79. The highest BCUT2D eigenvalue weighted by molar-refractivity contribution is 7.89. The molecule has 1 aromatic carbocycles. The van der Waals surface area contributed by atoms with Gasteiger partial charge in [-0.15, -0.1) is 0 Å².